The molecule has 4 heterocycles. The Morgan fingerprint density at radius 3 is 2.60 bits per heavy atom. The van der Waals surface area contributed by atoms with Gasteiger partial charge in [0.15, 0.2) is 23.2 Å². The quantitative estimate of drug-likeness (QED) is 0.548. The highest BCUT2D eigenvalue weighted by atomic mass is 16.6. The molecule has 5 N–H and O–H groups in total. The van der Waals surface area contributed by atoms with Crippen LogP contribution in [0.5, 0.6) is 0 Å². The van der Waals surface area contributed by atoms with E-state index in [9.17, 15) is 15.3 Å². The number of aliphatic hydroxyl groups is 3. The van der Waals surface area contributed by atoms with Gasteiger partial charge in [0.25, 0.3) is 0 Å². The van der Waals surface area contributed by atoms with Crippen LogP contribution in [-0.4, -0.2) is 72.8 Å². The molecule has 10 heteroatoms. The number of aliphatic hydroxyl groups excluding tert-OH is 3. The van der Waals surface area contributed by atoms with Crippen LogP contribution in [0.25, 0.3) is 11.2 Å². The fraction of sp³-hybridized carbons (Fsp3) is 0.667. The predicted molar refractivity (Wildman–Crippen MR) is 88.8 cm³/mol. The van der Waals surface area contributed by atoms with Gasteiger partial charge in [-0.1, -0.05) is 0 Å². The van der Waals surface area contributed by atoms with Crippen LogP contribution in [0.15, 0.2) is 6.33 Å². The van der Waals surface area contributed by atoms with E-state index in [0.717, 1.165) is 32.4 Å². The molecule has 2 aliphatic heterocycles. The maximum absolute atomic E-state index is 10.5. The monoisotopic (exact) mass is 350 g/mol. The first-order valence-electron chi connectivity index (χ1n) is 8.47. The zero-order chi connectivity index (χ0) is 17.6. The number of aromatic nitrogens is 4. The Morgan fingerprint density at radius 1 is 1.16 bits per heavy atom. The number of nitrogen functional groups attached to an aromatic ring is 1. The number of ether oxygens (including phenoxy) is 1. The molecule has 0 bridgehead atoms. The molecule has 1 unspecified atom stereocenters. The van der Waals surface area contributed by atoms with E-state index < -0.39 is 31.1 Å². The molecule has 4 atom stereocenters. The minimum absolute atomic E-state index is 0.244. The van der Waals surface area contributed by atoms with E-state index in [4.69, 9.17) is 10.5 Å². The zero-order valence-electron chi connectivity index (χ0n) is 13.7. The maximum atomic E-state index is 10.5. The van der Waals surface area contributed by atoms with Gasteiger partial charge in [-0.05, 0) is 19.3 Å². The average molecular weight is 350 g/mol. The van der Waals surface area contributed by atoms with E-state index in [1.807, 2.05) is 0 Å². The Morgan fingerprint density at radius 2 is 1.92 bits per heavy atom. The van der Waals surface area contributed by atoms with Gasteiger partial charge in [0.2, 0.25) is 5.95 Å². The lowest BCUT2D eigenvalue weighted by molar-refractivity contribution is -0.0504. The number of nitrogens with two attached hydrogens (primary N) is 1. The highest BCUT2D eigenvalue weighted by Gasteiger charge is 2.45. The molecule has 2 aromatic heterocycles. The predicted octanol–water partition coefficient (Wildman–Crippen LogP) is -0.990. The van der Waals surface area contributed by atoms with Crippen LogP contribution >= 0.6 is 0 Å². The van der Waals surface area contributed by atoms with Crippen molar-refractivity contribution in [2.75, 3.05) is 30.3 Å². The van der Waals surface area contributed by atoms with Crippen LogP contribution in [0.2, 0.25) is 0 Å². The van der Waals surface area contributed by atoms with Crippen molar-refractivity contribution < 1.29 is 20.1 Å². The first-order chi connectivity index (χ1) is 12.1. The number of imidazole rings is 1. The minimum atomic E-state index is -1.21. The lowest BCUT2D eigenvalue weighted by atomic mass is 10.1. The average Bonchev–Trinajstić information content (AvgIpc) is 3.15. The summed E-state index contributed by atoms with van der Waals surface area (Å²) in [5, 5.41) is 29.9. The highest BCUT2D eigenvalue weighted by molar-refractivity contribution is 5.84. The van der Waals surface area contributed by atoms with Crippen molar-refractivity contribution in [3.05, 3.63) is 6.33 Å². The Hall–Kier alpha value is -2.01. The van der Waals surface area contributed by atoms with Crippen LogP contribution in [0.4, 0.5) is 11.8 Å². The van der Waals surface area contributed by atoms with Crippen molar-refractivity contribution in [3.8, 4) is 0 Å². The summed E-state index contributed by atoms with van der Waals surface area (Å²) in [6, 6.07) is 0. The lowest BCUT2D eigenvalue weighted by Gasteiger charge is -2.30. The van der Waals surface area contributed by atoms with Gasteiger partial charge in [0.05, 0.1) is 6.61 Å². The van der Waals surface area contributed by atoms with Crippen molar-refractivity contribution in [2.24, 2.45) is 0 Å². The summed E-state index contributed by atoms with van der Waals surface area (Å²) in [6.07, 6.45) is 0.383. The molecule has 0 amide bonds. The molecule has 10 nitrogen and oxygen atoms in total. The minimum Gasteiger partial charge on any atom is -0.394 e. The third-order valence-electron chi connectivity index (χ3n) is 4.90. The fourth-order valence-corrected chi connectivity index (χ4v) is 3.56. The molecule has 0 aliphatic carbocycles. The molecule has 0 saturated carbocycles. The van der Waals surface area contributed by atoms with E-state index >= 15 is 0 Å². The SMILES string of the molecule is Nc1ncnc2c1nc(N1CCCCC1)n2C1O[C@@H](CO)[C@H](O)[C@@H]1O. The van der Waals surface area contributed by atoms with E-state index in [0.29, 0.717) is 17.1 Å². The summed E-state index contributed by atoms with van der Waals surface area (Å²) < 4.78 is 7.36. The third kappa shape index (κ3) is 2.61. The topological polar surface area (TPSA) is 143 Å². The molecule has 2 aromatic rings. The van der Waals surface area contributed by atoms with Crippen LogP contribution in [0, 0.1) is 0 Å². The zero-order valence-corrected chi connectivity index (χ0v) is 13.7. The van der Waals surface area contributed by atoms with E-state index in [-0.39, 0.29) is 5.82 Å². The third-order valence-corrected chi connectivity index (χ3v) is 4.90. The summed E-state index contributed by atoms with van der Waals surface area (Å²) in [6.45, 7) is 1.26. The summed E-state index contributed by atoms with van der Waals surface area (Å²) >= 11 is 0. The molecule has 25 heavy (non-hydrogen) atoms. The van der Waals surface area contributed by atoms with Crippen LogP contribution < -0.4 is 10.6 Å². The molecule has 0 spiro atoms. The van der Waals surface area contributed by atoms with Gasteiger partial charge in [-0.15, -0.1) is 0 Å². The first kappa shape index (κ1) is 16.5. The molecule has 2 fully saturated rings. The number of fused-ring (bicyclic) bond motifs is 1. The second kappa shape index (κ2) is 6.37. The van der Waals surface area contributed by atoms with Crippen molar-refractivity contribution in [2.45, 2.75) is 43.8 Å². The molecular formula is C15H22N6O4. The van der Waals surface area contributed by atoms with Crippen molar-refractivity contribution in [1.29, 1.82) is 0 Å². The van der Waals surface area contributed by atoms with Gasteiger partial charge in [-0.2, -0.15) is 0 Å². The standard InChI is InChI=1S/C15H22N6O4/c16-12-9-13(18-7-17-12)21(14-11(24)10(23)8(6-22)25-14)15(19-9)20-4-2-1-3-5-20/h7-8,10-11,14,22-24H,1-6H2,(H2,16,17,18)/t8-,10-,11-,14?/m0/s1. The Labute approximate surface area is 143 Å². The summed E-state index contributed by atoms with van der Waals surface area (Å²) in [5.41, 5.74) is 6.81. The second-order valence-corrected chi connectivity index (χ2v) is 6.49. The van der Waals surface area contributed by atoms with Gasteiger partial charge >= 0.3 is 0 Å². The lowest BCUT2D eigenvalue weighted by Crippen LogP contribution is -2.35. The molecule has 0 aromatic carbocycles. The van der Waals surface area contributed by atoms with E-state index in [2.05, 4.69) is 19.9 Å². The van der Waals surface area contributed by atoms with E-state index in [1.54, 1.807) is 4.57 Å². The largest absolute Gasteiger partial charge is 0.394 e. The Kier molecular flexibility index (Phi) is 4.20. The molecular weight excluding hydrogens is 328 g/mol. The first-order valence-corrected chi connectivity index (χ1v) is 8.47. The molecule has 136 valence electrons. The Balaban J connectivity index is 1.84. The van der Waals surface area contributed by atoms with E-state index in [1.165, 1.54) is 6.33 Å². The smallest absolute Gasteiger partial charge is 0.210 e. The molecule has 0 radical (unpaired) electrons. The van der Waals surface area contributed by atoms with Gasteiger partial charge in [0.1, 0.15) is 24.6 Å². The molecule has 2 aliphatic rings. The highest BCUT2D eigenvalue weighted by Crippen LogP contribution is 2.36. The number of hydrogen-bond donors (Lipinski definition) is 4. The van der Waals surface area contributed by atoms with Crippen LogP contribution in [0.1, 0.15) is 25.5 Å². The Bertz CT molecular complexity index is 762. The van der Waals surface area contributed by atoms with Crippen molar-refractivity contribution in [1.82, 2.24) is 19.5 Å². The van der Waals surface area contributed by atoms with Gasteiger partial charge in [0, 0.05) is 13.1 Å². The number of piperidine rings is 1. The summed E-state index contributed by atoms with van der Waals surface area (Å²) in [5.74, 6) is 0.825. The second-order valence-electron chi connectivity index (χ2n) is 6.49. The van der Waals surface area contributed by atoms with Crippen molar-refractivity contribution in [3.63, 3.8) is 0 Å². The van der Waals surface area contributed by atoms with Gasteiger partial charge < -0.3 is 30.7 Å². The number of rotatable bonds is 3. The van der Waals surface area contributed by atoms with Gasteiger partial charge in [-0.3, -0.25) is 4.57 Å². The van der Waals surface area contributed by atoms with Gasteiger partial charge in [-0.25, -0.2) is 15.0 Å². The number of hydrogen-bond acceptors (Lipinski definition) is 9. The molecule has 2 saturated heterocycles. The fourth-order valence-electron chi connectivity index (χ4n) is 3.56. The van der Waals surface area contributed by atoms with Crippen molar-refractivity contribution >= 4 is 22.9 Å². The molecule has 4 rings (SSSR count). The number of anilines is 2. The number of nitrogens with zero attached hydrogens (tertiary/aromatic N) is 5. The maximum Gasteiger partial charge on any atom is 0.210 e. The van der Waals surface area contributed by atoms with Crippen LogP contribution in [-0.2, 0) is 4.74 Å². The summed E-state index contributed by atoms with van der Waals surface area (Å²) in [7, 11) is 0. The normalized spacial score (nSPS) is 30.3. The summed E-state index contributed by atoms with van der Waals surface area (Å²) in [4.78, 5) is 14.9. The van der Waals surface area contributed by atoms with Crippen LogP contribution in [0.3, 0.4) is 0 Å².